The third-order valence-corrected chi connectivity index (χ3v) is 6.58. The summed E-state index contributed by atoms with van der Waals surface area (Å²) in [6.07, 6.45) is 5.05. The maximum absolute atomic E-state index is 13.5. The lowest BCUT2D eigenvalue weighted by Crippen LogP contribution is -2.50. The molecule has 1 aromatic heterocycles. The first-order valence-corrected chi connectivity index (χ1v) is 11.3. The molecule has 1 fully saturated rings. The lowest BCUT2D eigenvalue weighted by Gasteiger charge is -2.39. The highest BCUT2D eigenvalue weighted by atomic mass is 35.5. The molecule has 0 bridgehead atoms. The van der Waals surface area contributed by atoms with Gasteiger partial charge in [-0.05, 0) is 42.5 Å². The van der Waals surface area contributed by atoms with E-state index in [1.54, 1.807) is 4.90 Å². The first-order valence-electron chi connectivity index (χ1n) is 10.9. The van der Waals surface area contributed by atoms with Crippen LogP contribution in [0.2, 0.25) is 5.02 Å². The molecule has 1 atom stereocenters. The zero-order valence-corrected chi connectivity index (χ0v) is 18.5. The van der Waals surface area contributed by atoms with Crippen molar-refractivity contribution in [2.24, 2.45) is 11.8 Å². The molecule has 0 radical (unpaired) electrons. The molecule has 1 aromatic carbocycles. The van der Waals surface area contributed by atoms with Crippen LogP contribution in [0.1, 0.15) is 50.4 Å². The van der Waals surface area contributed by atoms with Crippen molar-refractivity contribution in [3.05, 3.63) is 58.9 Å². The number of rotatable bonds is 6. The molecule has 1 aliphatic carbocycles. The number of carbonyl (C=O) groups is 2. The highest BCUT2D eigenvalue weighted by molar-refractivity contribution is 6.31. The third-order valence-electron chi connectivity index (χ3n) is 6.24. The normalized spacial score (nSPS) is 18.8. The van der Waals surface area contributed by atoms with Gasteiger partial charge in [-0.3, -0.25) is 9.59 Å². The Kier molecular flexibility index (Phi) is 6.19. The summed E-state index contributed by atoms with van der Waals surface area (Å²) in [5.74, 6) is 0.535. The van der Waals surface area contributed by atoms with E-state index < -0.39 is 0 Å². The van der Waals surface area contributed by atoms with Gasteiger partial charge in [0, 0.05) is 42.5 Å². The Morgan fingerprint density at radius 2 is 1.90 bits per heavy atom. The van der Waals surface area contributed by atoms with Crippen molar-refractivity contribution in [3.8, 4) is 0 Å². The summed E-state index contributed by atoms with van der Waals surface area (Å²) in [6, 6.07) is 11.5. The number of fused-ring (bicyclic) bond motifs is 1. The molecule has 6 heteroatoms. The molecule has 2 heterocycles. The minimum absolute atomic E-state index is 0.0132. The Labute approximate surface area is 183 Å². The predicted octanol–water partition coefficient (Wildman–Crippen LogP) is 4.36. The van der Waals surface area contributed by atoms with E-state index >= 15 is 0 Å². The summed E-state index contributed by atoms with van der Waals surface area (Å²) in [4.78, 5) is 30.2. The number of hydrogen-bond donors (Lipinski definition) is 0. The van der Waals surface area contributed by atoms with E-state index in [1.807, 2.05) is 41.4 Å². The highest BCUT2D eigenvalue weighted by Gasteiger charge is 2.36. The molecule has 1 aliphatic heterocycles. The topological polar surface area (TPSA) is 45.6 Å². The largest absolute Gasteiger partial charge is 0.348 e. The number of amides is 2. The maximum Gasteiger partial charge on any atom is 0.243 e. The Hall–Kier alpha value is -2.27. The van der Waals surface area contributed by atoms with Crippen LogP contribution in [0.3, 0.4) is 0 Å². The van der Waals surface area contributed by atoms with Crippen LogP contribution in [0.25, 0.3) is 0 Å². The van der Waals surface area contributed by atoms with Crippen molar-refractivity contribution >= 4 is 23.4 Å². The zero-order valence-electron chi connectivity index (χ0n) is 17.8. The molecule has 1 unspecified atom stereocenters. The van der Waals surface area contributed by atoms with Crippen LogP contribution >= 0.6 is 11.6 Å². The summed E-state index contributed by atoms with van der Waals surface area (Å²) in [7, 11) is 0. The van der Waals surface area contributed by atoms with Crippen LogP contribution in [0, 0.1) is 11.8 Å². The van der Waals surface area contributed by atoms with Gasteiger partial charge < -0.3 is 14.4 Å². The van der Waals surface area contributed by atoms with E-state index in [1.165, 1.54) is 0 Å². The monoisotopic (exact) mass is 427 g/mol. The number of halogens is 1. The van der Waals surface area contributed by atoms with Crippen LogP contribution in [-0.2, 0) is 16.1 Å². The molecule has 2 aliphatic rings. The van der Waals surface area contributed by atoms with Gasteiger partial charge in [-0.2, -0.15) is 0 Å². The van der Waals surface area contributed by atoms with Gasteiger partial charge in [0.25, 0.3) is 0 Å². The standard InChI is InChI=1S/C24H30ClN3O2/c1-17(2)15-27(24(30)18-7-5-8-18)16-22(29)28-14-13-26-12-6-11-21(26)23(28)19-9-3-4-10-20(19)25/h3-4,6,9-12,17-18,23H,5,7-8,13-16H2,1-2H3. The smallest absolute Gasteiger partial charge is 0.243 e. The summed E-state index contributed by atoms with van der Waals surface area (Å²) in [5.41, 5.74) is 1.98. The van der Waals surface area contributed by atoms with Gasteiger partial charge in [0.1, 0.15) is 0 Å². The van der Waals surface area contributed by atoms with Crippen molar-refractivity contribution in [1.82, 2.24) is 14.4 Å². The second kappa shape index (κ2) is 8.84. The summed E-state index contributed by atoms with van der Waals surface area (Å²) in [5, 5.41) is 0.652. The van der Waals surface area contributed by atoms with E-state index in [0.717, 1.165) is 37.1 Å². The molecule has 0 saturated heterocycles. The van der Waals surface area contributed by atoms with Crippen molar-refractivity contribution in [2.75, 3.05) is 19.6 Å². The van der Waals surface area contributed by atoms with Gasteiger partial charge in [0.05, 0.1) is 12.6 Å². The SMILES string of the molecule is CC(C)CN(CC(=O)N1CCn2cccc2C1c1ccccc1Cl)C(=O)C1CCC1. The third kappa shape index (κ3) is 4.13. The zero-order chi connectivity index (χ0) is 21.3. The van der Waals surface area contributed by atoms with Crippen LogP contribution in [0.15, 0.2) is 42.6 Å². The van der Waals surface area contributed by atoms with Crippen molar-refractivity contribution in [1.29, 1.82) is 0 Å². The number of aromatic nitrogens is 1. The summed E-state index contributed by atoms with van der Waals surface area (Å²) >= 11 is 6.54. The van der Waals surface area contributed by atoms with Crippen LogP contribution < -0.4 is 0 Å². The van der Waals surface area contributed by atoms with Crippen molar-refractivity contribution in [3.63, 3.8) is 0 Å². The van der Waals surface area contributed by atoms with Gasteiger partial charge in [-0.25, -0.2) is 0 Å². The molecular formula is C24H30ClN3O2. The van der Waals surface area contributed by atoms with E-state index in [-0.39, 0.29) is 30.3 Å². The first-order chi connectivity index (χ1) is 14.5. The Morgan fingerprint density at radius 1 is 1.13 bits per heavy atom. The molecule has 0 spiro atoms. The average molecular weight is 428 g/mol. The van der Waals surface area contributed by atoms with Crippen LogP contribution in [0.5, 0.6) is 0 Å². The second-order valence-corrected chi connectivity index (χ2v) is 9.29. The van der Waals surface area contributed by atoms with E-state index in [0.29, 0.717) is 24.0 Å². The fourth-order valence-electron chi connectivity index (χ4n) is 4.52. The number of benzene rings is 1. The van der Waals surface area contributed by atoms with Crippen LogP contribution in [-0.4, -0.2) is 45.8 Å². The Morgan fingerprint density at radius 3 is 2.57 bits per heavy atom. The lowest BCUT2D eigenvalue weighted by atomic mass is 9.84. The van der Waals surface area contributed by atoms with E-state index in [4.69, 9.17) is 11.6 Å². The average Bonchev–Trinajstić information content (AvgIpc) is 3.14. The molecule has 1 saturated carbocycles. The fourth-order valence-corrected chi connectivity index (χ4v) is 4.76. The van der Waals surface area contributed by atoms with Gasteiger partial charge in [-0.1, -0.05) is 50.1 Å². The van der Waals surface area contributed by atoms with Gasteiger partial charge in [0.15, 0.2) is 0 Å². The minimum Gasteiger partial charge on any atom is -0.348 e. The Balaban J connectivity index is 1.61. The molecule has 30 heavy (non-hydrogen) atoms. The lowest BCUT2D eigenvalue weighted by molar-refractivity contribution is -0.146. The number of hydrogen-bond acceptors (Lipinski definition) is 2. The van der Waals surface area contributed by atoms with Crippen LogP contribution in [0.4, 0.5) is 0 Å². The quantitative estimate of drug-likeness (QED) is 0.687. The van der Waals surface area contributed by atoms with Gasteiger partial charge in [-0.15, -0.1) is 0 Å². The molecule has 2 amide bonds. The highest BCUT2D eigenvalue weighted by Crippen LogP contribution is 2.36. The molecule has 2 aromatic rings. The maximum atomic E-state index is 13.5. The number of nitrogens with zero attached hydrogens (tertiary/aromatic N) is 3. The molecule has 0 N–H and O–H groups in total. The second-order valence-electron chi connectivity index (χ2n) is 8.88. The van der Waals surface area contributed by atoms with Crippen molar-refractivity contribution < 1.29 is 9.59 Å². The van der Waals surface area contributed by atoms with Crippen molar-refractivity contribution in [2.45, 2.75) is 45.7 Å². The molecule has 4 rings (SSSR count). The van der Waals surface area contributed by atoms with E-state index in [2.05, 4.69) is 24.5 Å². The first kappa shape index (κ1) is 21.0. The van der Waals surface area contributed by atoms with E-state index in [9.17, 15) is 9.59 Å². The molecule has 5 nitrogen and oxygen atoms in total. The Bertz CT molecular complexity index is 919. The fraction of sp³-hybridized carbons (Fsp3) is 0.500. The van der Waals surface area contributed by atoms with Gasteiger partial charge in [0.2, 0.25) is 11.8 Å². The summed E-state index contributed by atoms with van der Waals surface area (Å²) < 4.78 is 2.18. The van der Waals surface area contributed by atoms with Gasteiger partial charge >= 0.3 is 0 Å². The molecular weight excluding hydrogens is 398 g/mol. The summed E-state index contributed by atoms with van der Waals surface area (Å²) in [6.45, 7) is 6.27. The predicted molar refractivity (Wildman–Crippen MR) is 118 cm³/mol. The molecule has 160 valence electrons. The number of carbonyl (C=O) groups excluding carboxylic acids is 2. The minimum atomic E-state index is -0.241.